The van der Waals surface area contributed by atoms with Gasteiger partial charge in [-0.25, -0.2) is 0 Å². The number of ether oxygens (including phenoxy) is 4. The van der Waals surface area contributed by atoms with Gasteiger partial charge < -0.3 is 23.4 Å². The summed E-state index contributed by atoms with van der Waals surface area (Å²) in [5.74, 6) is -0.169. The van der Waals surface area contributed by atoms with Gasteiger partial charge in [0.25, 0.3) is 0 Å². The van der Waals surface area contributed by atoms with Crippen LogP contribution in [0.15, 0.2) is 0 Å². The topological polar surface area (TPSA) is 63.2 Å². The molecule has 0 radical (unpaired) electrons. The zero-order chi connectivity index (χ0) is 16.7. The third kappa shape index (κ3) is 17.6. The van der Waals surface area contributed by atoms with Crippen LogP contribution in [0.25, 0.3) is 0 Å². The predicted octanol–water partition coefficient (Wildman–Crippen LogP) is 2.23. The van der Waals surface area contributed by atoms with Crippen molar-refractivity contribution >= 4 is 14.3 Å². The summed E-state index contributed by atoms with van der Waals surface area (Å²) >= 11 is 0. The van der Waals surface area contributed by atoms with Crippen molar-refractivity contribution in [3.8, 4) is 0 Å². The zero-order valence-electron chi connectivity index (χ0n) is 14.5. The van der Waals surface area contributed by atoms with Crippen LogP contribution < -0.4 is 0 Å². The standard InChI is InChI=1S/C15H32O6Si/c1-5-6-15(16)20-13-11-18-9-7-17-8-10-19-12-14-21-22(2,3)4/h5-14H2,1-4H3. The summed E-state index contributed by atoms with van der Waals surface area (Å²) in [5.41, 5.74) is 0. The van der Waals surface area contributed by atoms with Crippen molar-refractivity contribution < 1.29 is 28.2 Å². The van der Waals surface area contributed by atoms with Gasteiger partial charge in [-0.2, -0.15) is 0 Å². The van der Waals surface area contributed by atoms with Crippen molar-refractivity contribution in [2.24, 2.45) is 0 Å². The molecule has 0 atom stereocenters. The molecule has 0 aliphatic heterocycles. The quantitative estimate of drug-likeness (QED) is 0.260. The molecule has 0 unspecified atom stereocenters. The second-order valence-electron chi connectivity index (χ2n) is 5.77. The van der Waals surface area contributed by atoms with Gasteiger partial charge in [0.15, 0.2) is 8.32 Å². The summed E-state index contributed by atoms with van der Waals surface area (Å²) in [6, 6.07) is 0. The first-order valence-corrected chi connectivity index (χ1v) is 11.4. The van der Waals surface area contributed by atoms with E-state index in [2.05, 4.69) is 19.6 Å². The van der Waals surface area contributed by atoms with Gasteiger partial charge in [-0.05, 0) is 26.1 Å². The second kappa shape index (κ2) is 14.1. The van der Waals surface area contributed by atoms with Gasteiger partial charge in [0.05, 0.1) is 46.2 Å². The Hall–Kier alpha value is -0.473. The SMILES string of the molecule is CCCC(=O)OCCOCCOCCOCCO[Si](C)(C)C. The molecule has 0 N–H and O–H groups in total. The minimum atomic E-state index is -1.43. The Bertz CT molecular complexity index is 267. The monoisotopic (exact) mass is 336 g/mol. The smallest absolute Gasteiger partial charge is 0.305 e. The maximum atomic E-state index is 11.1. The van der Waals surface area contributed by atoms with Crippen LogP contribution in [0.5, 0.6) is 0 Å². The molecular formula is C15H32O6Si. The molecule has 0 aromatic rings. The molecule has 22 heavy (non-hydrogen) atoms. The van der Waals surface area contributed by atoms with E-state index >= 15 is 0 Å². The lowest BCUT2D eigenvalue weighted by molar-refractivity contribution is -0.145. The molecule has 6 nitrogen and oxygen atoms in total. The summed E-state index contributed by atoms with van der Waals surface area (Å²) in [7, 11) is -1.43. The van der Waals surface area contributed by atoms with Gasteiger partial charge in [-0.15, -0.1) is 0 Å². The van der Waals surface area contributed by atoms with Gasteiger partial charge >= 0.3 is 5.97 Å². The normalized spacial score (nSPS) is 11.6. The maximum absolute atomic E-state index is 11.1. The summed E-state index contributed by atoms with van der Waals surface area (Å²) < 4.78 is 26.7. The molecule has 0 rings (SSSR count). The summed E-state index contributed by atoms with van der Waals surface area (Å²) in [5, 5.41) is 0. The fourth-order valence-electron chi connectivity index (χ4n) is 1.44. The molecule has 0 amide bonds. The molecule has 0 fully saturated rings. The molecule has 0 bridgehead atoms. The highest BCUT2D eigenvalue weighted by molar-refractivity contribution is 6.69. The first-order chi connectivity index (χ1) is 10.5. The van der Waals surface area contributed by atoms with Crippen LogP contribution >= 0.6 is 0 Å². The van der Waals surface area contributed by atoms with Gasteiger partial charge in [0.2, 0.25) is 0 Å². The Morgan fingerprint density at radius 3 is 1.68 bits per heavy atom. The van der Waals surface area contributed by atoms with Crippen molar-refractivity contribution in [3.63, 3.8) is 0 Å². The average molecular weight is 337 g/mol. The molecule has 132 valence electrons. The van der Waals surface area contributed by atoms with Crippen LogP contribution in [-0.2, 0) is 28.2 Å². The average Bonchev–Trinajstić information content (AvgIpc) is 2.43. The minimum absolute atomic E-state index is 0.169. The molecule has 0 spiro atoms. The molecule has 0 aromatic heterocycles. The Morgan fingerprint density at radius 2 is 1.23 bits per heavy atom. The van der Waals surface area contributed by atoms with Crippen LogP contribution in [0.1, 0.15) is 19.8 Å². The lowest BCUT2D eigenvalue weighted by Gasteiger charge is -2.16. The van der Waals surface area contributed by atoms with Crippen molar-refractivity contribution in [1.29, 1.82) is 0 Å². The second-order valence-corrected chi connectivity index (χ2v) is 10.3. The largest absolute Gasteiger partial charge is 0.463 e. The highest BCUT2D eigenvalue weighted by Gasteiger charge is 2.12. The van der Waals surface area contributed by atoms with Crippen molar-refractivity contribution in [2.75, 3.05) is 52.9 Å². The van der Waals surface area contributed by atoms with Gasteiger partial charge in [-0.3, -0.25) is 4.79 Å². The molecule has 0 aromatic carbocycles. The molecule has 7 heteroatoms. The third-order valence-corrected chi connectivity index (χ3v) is 3.52. The van der Waals surface area contributed by atoms with E-state index in [1.807, 2.05) is 6.92 Å². The number of hydrogen-bond donors (Lipinski definition) is 0. The molecule has 0 saturated heterocycles. The number of esters is 1. The van der Waals surface area contributed by atoms with E-state index in [0.29, 0.717) is 59.3 Å². The van der Waals surface area contributed by atoms with E-state index in [-0.39, 0.29) is 5.97 Å². The zero-order valence-corrected chi connectivity index (χ0v) is 15.5. The highest BCUT2D eigenvalue weighted by atomic mass is 28.4. The van der Waals surface area contributed by atoms with Crippen LogP contribution in [0.4, 0.5) is 0 Å². The van der Waals surface area contributed by atoms with E-state index in [9.17, 15) is 4.79 Å². The lowest BCUT2D eigenvalue weighted by Crippen LogP contribution is -2.27. The number of hydrogen-bond acceptors (Lipinski definition) is 6. The summed E-state index contributed by atoms with van der Waals surface area (Å²) in [4.78, 5) is 11.1. The molecule has 0 aliphatic rings. The predicted molar refractivity (Wildman–Crippen MR) is 87.6 cm³/mol. The number of carbonyl (C=O) groups is 1. The fraction of sp³-hybridized carbons (Fsp3) is 0.933. The van der Waals surface area contributed by atoms with Gasteiger partial charge in [-0.1, -0.05) is 6.92 Å². The van der Waals surface area contributed by atoms with E-state index in [0.717, 1.165) is 6.42 Å². The van der Waals surface area contributed by atoms with Crippen LogP contribution in [0, 0.1) is 0 Å². The molecular weight excluding hydrogens is 304 g/mol. The van der Waals surface area contributed by atoms with E-state index < -0.39 is 8.32 Å². The maximum Gasteiger partial charge on any atom is 0.305 e. The Morgan fingerprint density at radius 1 is 0.773 bits per heavy atom. The summed E-state index contributed by atoms with van der Waals surface area (Å²) in [6.07, 6.45) is 1.27. The lowest BCUT2D eigenvalue weighted by atomic mass is 10.3. The Kier molecular flexibility index (Phi) is 13.8. The fourth-order valence-corrected chi connectivity index (χ4v) is 2.14. The van der Waals surface area contributed by atoms with Crippen LogP contribution in [0.2, 0.25) is 19.6 Å². The molecule has 0 aliphatic carbocycles. The van der Waals surface area contributed by atoms with E-state index in [1.165, 1.54) is 0 Å². The third-order valence-electron chi connectivity index (χ3n) is 2.45. The number of rotatable bonds is 15. The molecule has 0 heterocycles. The van der Waals surface area contributed by atoms with Crippen molar-refractivity contribution in [2.45, 2.75) is 39.4 Å². The summed E-state index contributed by atoms with van der Waals surface area (Å²) in [6.45, 7) is 12.5. The first kappa shape index (κ1) is 21.5. The number of carbonyl (C=O) groups excluding carboxylic acids is 1. The highest BCUT2D eigenvalue weighted by Crippen LogP contribution is 2.01. The van der Waals surface area contributed by atoms with Crippen LogP contribution in [0.3, 0.4) is 0 Å². The molecule has 0 saturated carbocycles. The minimum Gasteiger partial charge on any atom is -0.463 e. The van der Waals surface area contributed by atoms with Crippen molar-refractivity contribution in [3.05, 3.63) is 0 Å². The van der Waals surface area contributed by atoms with Crippen LogP contribution in [-0.4, -0.2) is 67.1 Å². The Balaban J connectivity index is 3.10. The van der Waals surface area contributed by atoms with Gasteiger partial charge in [0, 0.05) is 6.42 Å². The van der Waals surface area contributed by atoms with E-state index in [4.69, 9.17) is 23.4 Å². The Labute approximate surface area is 135 Å². The van der Waals surface area contributed by atoms with Gasteiger partial charge in [0.1, 0.15) is 6.61 Å². The van der Waals surface area contributed by atoms with E-state index in [1.54, 1.807) is 0 Å². The first-order valence-electron chi connectivity index (χ1n) is 7.98. The van der Waals surface area contributed by atoms with Crippen molar-refractivity contribution in [1.82, 2.24) is 0 Å².